The molecule has 0 unspecified atom stereocenters. The molecule has 1 aromatic carbocycles. The molecule has 4 heteroatoms. The Balaban J connectivity index is 2.14. The molecule has 0 spiro atoms. The molecule has 1 aromatic rings. The fourth-order valence-electron chi connectivity index (χ4n) is 1.81. The van der Waals surface area contributed by atoms with Gasteiger partial charge in [0.05, 0.1) is 12.9 Å². The molecule has 0 aliphatic heterocycles. The van der Waals surface area contributed by atoms with E-state index in [1.54, 1.807) is 0 Å². The van der Waals surface area contributed by atoms with Gasteiger partial charge in [0.25, 0.3) is 10.1 Å². The first-order valence-electron chi connectivity index (χ1n) is 5.39. The molecule has 0 amide bonds. The van der Waals surface area contributed by atoms with Gasteiger partial charge in [0.15, 0.2) is 0 Å². The summed E-state index contributed by atoms with van der Waals surface area (Å²) in [6.45, 7) is 2.16. The van der Waals surface area contributed by atoms with Gasteiger partial charge in [-0.3, -0.25) is 4.18 Å². The SMILES string of the molecule is Cc1cc(COS(C)(=O)=O)cc(C2CC2)c1. The third kappa shape index (κ3) is 3.32. The van der Waals surface area contributed by atoms with Crippen molar-refractivity contribution in [1.29, 1.82) is 0 Å². The number of hydrogen-bond donors (Lipinski definition) is 0. The van der Waals surface area contributed by atoms with Gasteiger partial charge in [-0.25, -0.2) is 0 Å². The number of benzene rings is 1. The van der Waals surface area contributed by atoms with Crippen LogP contribution in [0.25, 0.3) is 0 Å². The quantitative estimate of drug-likeness (QED) is 0.759. The Morgan fingerprint density at radius 3 is 2.56 bits per heavy atom. The summed E-state index contributed by atoms with van der Waals surface area (Å²) in [7, 11) is -3.35. The molecule has 0 N–H and O–H groups in total. The second kappa shape index (κ2) is 4.18. The smallest absolute Gasteiger partial charge is 0.264 e. The Hall–Kier alpha value is -0.870. The van der Waals surface area contributed by atoms with E-state index in [0.717, 1.165) is 17.4 Å². The van der Waals surface area contributed by atoms with Crippen molar-refractivity contribution in [3.8, 4) is 0 Å². The topological polar surface area (TPSA) is 43.4 Å². The van der Waals surface area contributed by atoms with E-state index < -0.39 is 10.1 Å². The van der Waals surface area contributed by atoms with Crippen LogP contribution in [0.1, 0.15) is 35.4 Å². The van der Waals surface area contributed by atoms with E-state index in [9.17, 15) is 8.42 Å². The Kier molecular flexibility index (Phi) is 3.04. The minimum atomic E-state index is -3.35. The van der Waals surface area contributed by atoms with Gasteiger partial charge >= 0.3 is 0 Å². The van der Waals surface area contributed by atoms with Crippen LogP contribution in [0, 0.1) is 6.92 Å². The van der Waals surface area contributed by atoms with Gasteiger partial charge in [0, 0.05) is 0 Å². The van der Waals surface area contributed by atoms with Crippen LogP contribution in [-0.4, -0.2) is 14.7 Å². The van der Waals surface area contributed by atoms with Crippen LogP contribution in [0.4, 0.5) is 0 Å². The van der Waals surface area contributed by atoms with E-state index in [-0.39, 0.29) is 6.61 Å². The molecule has 1 aliphatic rings. The molecular formula is C12H16O3S. The van der Waals surface area contributed by atoms with E-state index in [4.69, 9.17) is 4.18 Å². The maximum atomic E-state index is 10.9. The molecule has 1 saturated carbocycles. The van der Waals surface area contributed by atoms with Gasteiger partial charge in [-0.2, -0.15) is 8.42 Å². The standard InChI is InChI=1S/C12H16O3S/c1-9-5-10(8-15-16(2,13)14)7-12(6-9)11-3-4-11/h5-7,11H,3-4,8H2,1-2H3. The van der Waals surface area contributed by atoms with Crippen LogP contribution < -0.4 is 0 Å². The highest BCUT2D eigenvalue weighted by Gasteiger charge is 2.23. The van der Waals surface area contributed by atoms with Gasteiger partial charge in [-0.1, -0.05) is 23.8 Å². The van der Waals surface area contributed by atoms with E-state index in [1.165, 1.54) is 18.4 Å². The van der Waals surface area contributed by atoms with Crippen molar-refractivity contribution >= 4 is 10.1 Å². The maximum absolute atomic E-state index is 10.9. The maximum Gasteiger partial charge on any atom is 0.264 e. The monoisotopic (exact) mass is 240 g/mol. The first-order chi connectivity index (χ1) is 7.44. The Bertz CT molecular complexity index is 487. The van der Waals surface area contributed by atoms with Gasteiger partial charge < -0.3 is 0 Å². The third-order valence-electron chi connectivity index (χ3n) is 2.65. The number of hydrogen-bond acceptors (Lipinski definition) is 3. The lowest BCUT2D eigenvalue weighted by molar-refractivity contribution is 0.311. The van der Waals surface area contributed by atoms with Gasteiger partial charge in [0.1, 0.15) is 0 Å². The van der Waals surface area contributed by atoms with E-state index in [0.29, 0.717) is 5.92 Å². The predicted molar refractivity (Wildman–Crippen MR) is 62.8 cm³/mol. The highest BCUT2D eigenvalue weighted by atomic mass is 32.2. The van der Waals surface area contributed by atoms with Crippen molar-refractivity contribution < 1.29 is 12.6 Å². The van der Waals surface area contributed by atoms with Crippen molar-refractivity contribution in [2.45, 2.75) is 32.3 Å². The van der Waals surface area contributed by atoms with Gasteiger partial charge in [0.2, 0.25) is 0 Å². The minimum absolute atomic E-state index is 0.139. The molecule has 3 nitrogen and oxygen atoms in total. The number of aryl methyl sites for hydroxylation is 1. The average molecular weight is 240 g/mol. The normalized spacial score (nSPS) is 16.4. The molecule has 16 heavy (non-hydrogen) atoms. The highest BCUT2D eigenvalue weighted by Crippen LogP contribution is 2.40. The van der Waals surface area contributed by atoms with Crippen LogP contribution >= 0.6 is 0 Å². The van der Waals surface area contributed by atoms with Crippen molar-refractivity contribution in [3.05, 3.63) is 34.9 Å². The van der Waals surface area contributed by atoms with Crippen LogP contribution in [0.5, 0.6) is 0 Å². The molecule has 2 rings (SSSR count). The molecule has 88 valence electrons. The molecule has 1 fully saturated rings. The average Bonchev–Trinajstić information content (AvgIpc) is 2.95. The molecule has 0 atom stereocenters. The van der Waals surface area contributed by atoms with Crippen molar-refractivity contribution in [3.63, 3.8) is 0 Å². The summed E-state index contributed by atoms with van der Waals surface area (Å²) in [5, 5.41) is 0. The lowest BCUT2D eigenvalue weighted by atomic mass is 10.0. The lowest BCUT2D eigenvalue weighted by Crippen LogP contribution is -2.03. The summed E-state index contributed by atoms with van der Waals surface area (Å²) in [4.78, 5) is 0. The second-order valence-electron chi connectivity index (χ2n) is 4.49. The molecule has 0 radical (unpaired) electrons. The Morgan fingerprint density at radius 2 is 2.00 bits per heavy atom. The zero-order chi connectivity index (χ0) is 11.8. The Labute approximate surface area is 96.6 Å². The van der Waals surface area contributed by atoms with E-state index >= 15 is 0 Å². The molecular weight excluding hydrogens is 224 g/mol. The van der Waals surface area contributed by atoms with Gasteiger partial charge in [-0.15, -0.1) is 0 Å². The van der Waals surface area contributed by atoms with E-state index in [2.05, 4.69) is 12.1 Å². The second-order valence-corrected chi connectivity index (χ2v) is 6.14. The van der Waals surface area contributed by atoms with Crippen LogP contribution in [-0.2, 0) is 20.9 Å². The summed E-state index contributed by atoms with van der Waals surface area (Å²) in [5.41, 5.74) is 3.41. The van der Waals surface area contributed by atoms with Crippen molar-refractivity contribution in [2.75, 3.05) is 6.26 Å². The summed E-state index contributed by atoms with van der Waals surface area (Å²) < 4.78 is 26.6. The predicted octanol–water partition coefficient (Wildman–Crippen LogP) is 2.35. The fraction of sp³-hybridized carbons (Fsp3) is 0.500. The van der Waals surface area contributed by atoms with Crippen LogP contribution in [0.3, 0.4) is 0 Å². The third-order valence-corrected chi connectivity index (χ3v) is 3.19. The zero-order valence-corrected chi connectivity index (χ0v) is 10.4. The summed E-state index contributed by atoms with van der Waals surface area (Å²) >= 11 is 0. The fourth-order valence-corrected chi connectivity index (χ4v) is 2.16. The molecule has 0 heterocycles. The highest BCUT2D eigenvalue weighted by molar-refractivity contribution is 7.85. The number of rotatable bonds is 4. The summed E-state index contributed by atoms with van der Waals surface area (Å²) in [5.74, 6) is 0.678. The summed E-state index contributed by atoms with van der Waals surface area (Å²) in [6, 6.07) is 6.19. The first kappa shape index (κ1) is 11.6. The Morgan fingerprint density at radius 1 is 1.31 bits per heavy atom. The minimum Gasteiger partial charge on any atom is -0.265 e. The van der Waals surface area contributed by atoms with Crippen molar-refractivity contribution in [2.24, 2.45) is 0 Å². The first-order valence-corrected chi connectivity index (χ1v) is 7.20. The molecule has 1 aliphatic carbocycles. The van der Waals surface area contributed by atoms with Gasteiger partial charge in [-0.05, 0) is 36.8 Å². The largest absolute Gasteiger partial charge is 0.265 e. The van der Waals surface area contributed by atoms with E-state index in [1.807, 2.05) is 13.0 Å². The summed E-state index contributed by atoms with van der Waals surface area (Å²) in [6.07, 6.45) is 3.57. The van der Waals surface area contributed by atoms with Crippen LogP contribution in [0.2, 0.25) is 0 Å². The van der Waals surface area contributed by atoms with Crippen molar-refractivity contribution in [1.82, 2.24) is 0 Å². The molecule has 0 aromatic heterocycles. The molecule has 0 saturated heterocycles. The van der Waals surface area contributed by atoms with Crippen LogP contribution in [0.15, 0.2) is 18.2 Å². The zero-order valence-electron chi connectivity index (χ0n) is 9.56. The molecule has 0 bridgehead atoms. The lowest BCUT2D eigenvalue weighted by Gasteiger charge is -2.06.